The van der Waals surface area contributed by atoms with E-state index in [1.165, 1.54) is 6.08 Å². The molecule has 1 heterocycles. The third-order valence-electron chi connectivity index (χ3n) is 2.89. The number of benzene rings is 1. The highest BCUT2D eigenvalue weighted by atomic mass is 35.5. The van der Waals surface area contributed by atoms with E-state index in [2.05, 4.69) is 5.32 Å². The number of hydrogen-bond donors (Lipinski definition) is 1. The van der Waals surface area contributed by atoms with Gasteiger partial charge in [0.05, 0.1) is 0 Å². The molecule has 2 amide bonds. The number of nitrogens with one attached hydrogen (secondary N) is 1. The Morgan fingerprint density at radius 1 is 1.37 bits per heavy atom. The molecule has 1 aliphatic rings. The van der Waals surface area contributed by atoms with Crippen LogP contribution in [0.1, 0.15) is 12.0 Å². The van der Waals surface area contributed by atoms with E-state index in [0.29, 0.717) is 31.1 Å². The predicted molar refractivity (Wildman–Crippen MR) is 74.7 cm³/mol. The minimum Gasteiger partial charge on any atom is -0.354 e. The van der Waals surface area contributed by atoms with Crippen LogP contribution in [0.3, 0.4) is 0 Å². The van der Waals surface area contributed by atoms with E-state index in [9.17, 15) is 9.59 Å². The molecule has 100 valence electrons. The average molecular weight is 279 g/mol. The van der Waals surface area contributed by atoms with Gasteiger partial charge in [-0.3, -0.25) is 9.59 Å². The van der Waals surface area contributed by atoms with Crippen molar-refractivity contribution in [1.82, 2.24) is 10.2 Å². The van der Waals surface area contributed by atoms with Gasteiger partial charge in [-0.2, -0.15) is 0 Å². The molecule has 4 nitrogen and oxygen atoms in total. The number of rotatable bonds is 2. The van der Waals surface area contributed by atoms with Gasteiger partial charge < -0.3 is 10.2 Å². The Balaban J connectivity index is 1.98. The fourth-order valence-corrected chi connectivity index (χ4v) is 2.07. The topological polar surface area (TPSA) is 49.4 Å². The largest absolute Gasteiger partial charge is 0.354 e. The molecule has 1 aliphatic heterocycles. The molecule has 0 radical (unpaired) electrons. The van der Waals surface area contributed by atoms with Crippen LogP contribution in [0, 0.1) is 0 Å². The molecular weight excluding hydrogens is 264 g/mol. The van der Waals surface area contributed by atoms with E-state index >= 15 is 0 Å². The van der Waals surface area contributed by atoms with Gasteiger partial charge in [0.25, 0.3) is 0 Å². The molecule has 0 aromatic heterocycles. The number of halogens is 1. The molecule has 0 atom stereocenters. The Kier molecular flexibility index (Phi) is 4.58. The SMILES string of the molecule is O=C1CCN(C(=O)C=Cc2cccc(Cl)c2)CCN1. The van der Waals surface area contributed by atoms with Crippen molar-refractivity contribution in [2.24, 2.45) is 0 Å². The minimum atomic E-state index is -0.0866. The highest BCUT2D eigenvalue weighted by molar-refractivity contribution is 6.30. The summed E-state index contributed by atoms with van der Waals surface area (Å²) in [4.78, 5) is 24.8. The molecule has 2 rings (SSSR count). The lowest BCUT2D eigenvalue weighted by molar-refractivity contribution is -0.125. The molecule has 5 heteroatoms. The Hall–Kier alpha value is -1.81. The smallest absolute Gasteiger partial charge is 0.246 e. The zero-order valence-corrected chi connectivity index (χ0v) is 11.2. The second-order valence-electron chi connectivity index (χ2n) is 4.31. The molecule has 0 saturated carbocycles. The third-order valence-corrected chi connectivity index (χ3v) is 3.13. The standard InChI is InChI=1S/C14H15ClN2O2/c15-12-3-1-2-11(10-12)4-5-14(19)17-8-6-13(18)16-7-9-17/h1-5,10H,6-9H2,(H,16,18). The molecule has 19 heavy (non-hydrogen) atoms. The normalized spacial score (nSPS) is 16.3. The zero-order chi connectivity index (χ0) is 13.7. The second kappa shape index (κ2) is 6.38. The van der Waals surface area contributed by atoms with Crippen LogP contribution in [0.15, 0.2) is 30.3 Å². The van der Waals surface area contributed by atoms with E-state index in [4.69, 9.17) is 11.6 Å². The summed E-state index contributed by atoms with van der Waals surface area (Å²) in [6, 6.07) is 7.29. The molecule has 1 N–H and O–H groups in total. The van der Waals surface area contributed by atoms with Gasteiger partial charge >= 0.3 is 0 Å². The van der Waals surface area contributed by atoms with Gasteiger partial charge in [-0.05, 0) is 23.8 Å². The van der Waals surface area contributed by atoms with Crippen molar-refractivity contribution in [1.29, 1.82) is 0 Å². The third kappa shape index (κ3) is 4.10. The molecule has 0 spiro atoms. The summed E-state index contributed by atoms with van der Waals surface area (Å²) in [5, 5.41) is 3.37. The molecule has 0 unspecified atom stereocenters. The number of carbonyl (C=O) groups is 2. The number of carbonyl (C=O) groups excluding carboxylic acids is 2. The highest BCUT2D eigenvalue weighted by Crippen LogP contribution is 2.12. The highest BCUT2D eigenvalue weighted by Gasteiger charge is 2.16. The van der Waals surface area contributed by atoms with Gasteiger partial charge in [-0.15, -0.1) is 0 Å². The van der Waals surface area contributed by atoms with Crippen LogP contribution in [-0.4, -0.2) is 36.3 Å². The molecule has 1 aromatic rings. The quantitative estimate of drug-likeness (QED) is 0.837. The summed E-state index contributed by atoms with van der Waals surface area (Å²) in [6.45, 7) is 1.52. The predicted octanol–water partition coefficient (Wildman–Crippen LogP) is 1.70. The number of hydrogen-bond acceptors (Lipinski definition) is 2. The number of nitrogens with zero attached hydrogens (tertiary/aromatic N) is 1. The minimum absolute atomic E-state index is 0.00544. The number of amides is 2. The first-order valence-corrected chi connectivity index (χ1v) is 6.52. The summed E-state index contributed by atoms with van der Waals surface area (Å²) in [6.07, 6.45) is 3.60. The summed E-state index contributed by atoms with van der Waals surface area (Å²) < 4.78 is 0. The van der Waals surface area contributed by atoms with Gasteiger partial charge in [0, 0.05) is 37.2 Å². The van der Waals surface area contributed by atoms with Crippen molar-refractivity contribution in [2.75, 3.05) is 19.6 Å². The Bertz CT molecular complexity index is 514. The molecule has 0 bridgehead atoms. The van der Waals surface area contributed by atoms with E-state index in [-0.39, 0.29) is 11.8 Å². The van der Waals surface area contributed by atoms with E-state index in [0.717, 1.165) is 5.56 Å². The van der Waals surface area contributed by atoms with Crippen molar-refractivity contribution in [3.05, 3.63) is 40.9 Å². The first-order valence-electron chi connectivity index (χ1n) is 6.14. The maximum absolute atomic E-state index is 12.0. The van der Waals surface area contributed by atoms with Crippen LogP contribution in [0.25, 0.3) is 6.08 Å². The van der Waals surface area contributed by atoms with Crippen molar-refractivity contribution in [2.45, 2.75) is 6.42 Å². The van der Waals surface area contributed by atoms with Crippen LogP contribution in [0.2, 0.25) is 5.02 Å². The fraction of sp³-hybridized carbons (Fsp3) is 0.286. The Morgan fingerprint density at radius 2 is 2.21 bits per heavy atom. The summed E-state index contributed by atoms with van der Waals surface area (Å²) in [5.41, 5.74) is 0.880. The Labute approximate surface area is 117 Å². The molecule has 1 saturated heterocycles. The Morgan fingerprint density at radius 3 is 3.00 bits per heavy atom. The van der Waals surface area contributed by atoms with Crippen LogP contribution in [0.5, 0.6) is 0 Å². The van der Waals surface area contributed by atoms with Gasteiger partial charge in [-0.1, -0.05) is 23.7 Å². The van der Waals surface area contributed by atoms with Crippen LogP contribution < -0.4 is 5.32 Å². The molecular formula is C14H15ClN2O2. The van der Waals surface area contributed by atoms with Crippen LogP contribution in [-0.2, 0) is 9.59 Å². The first-order chi connectivity index (χ1) is 9.15. The fourth-order valence-electron chi connectivity index (χ4n) is 1.87. The van der Waals surface area contributed by atoms with Gasteiger partial charge in [0.1, 0.15) is 0 Å². The molecule has 1 aromatic carbocycles. The summed E-state index contributed by atoms with van der Waals surface area (Å²) in [7, 11) is 0. The van der Waals surface area contributed by atoms with Crippen molar-refractivity contribution < 1.29 is 9.59 Å². The van der Waals surface area contributed by atoms with Gasteiger partial charge in [-0.25, -0.2) is 0 Å². The van der Waals surface area contributed by atoms with E-state index < -0.39 is 0 Å². The van der Waals surface area contributed by atoms with Crippen molar-refractivity contribution in [3.63, 3.8) is 0 Å². The lowest BCUT2D eigenvalue weighted by Gasteiger charge is -2.17. The van der Waals surface area contributed by atoms with E-state index in [1.807, 2.05) is 12.1 Å². The second-order valence-corrected chi connectivity index (χ2v) is 4.75. The van der Waals surface area contributed by atoms with Crippen molar-refractivity contribution in [3.8, 4) is 0 Å². The maximum Gasteiger partial charge on any atom is 0.246 e. The monoisotopic (exact) mass is 278 g/mol. The average Bonchev–Trinajstić information content (AvgIpc) is 2.61. The van der Waals surface area contributed by atoms with E-state index in [1.54, 1.807) is 23.1 Å². The van der Waals surface area contributed by atoms with Crippen LogP contribution >= 0.6 is 11.6 Å². The van der Waals surface area contributed by atoms with Crippen LogP contribution in [0.4, 0.5) is 0 Å². The van der Waals surface area contributed by atoms with Gasteiger partial charge in [0.2, 0.25) is 11.8 Å². The first kappa shape index (κ1) is 13.6. The molecule has 1 fully saturated rings. The summed E-state index contributed by atoms with van der Waals surface area (Å²) >= 11 is 5.87. The maximum atomic E-state index is 12.0. The lowest BCUT2D eigenvalue weighted by Crippen LogP contribution is -2.32. The molecule has 0 aliphatic carbocycles. The zero-order valence-electron chi connectivity index (χ0n) is 10.4. The van der Waals surface area contributed by atoms with Gasteiger partial charge in [0.15, 0.2) is 0 Å². The summed E-state index contributed by atoms with van der Waals surface area (Å²) in [5.74, 6) is -0.0920. The lowest BCUT2D eigenvalue weighted by atomic mass is 10.2. The van der Waals surface area contributed by atoms with Crippen molar-refractivity contribution >= 4 is 29.5 Å².